The quantitative estimate of drug-likeness (QED) is 0.197. The van der Waals surface area contributed by atoms with Crippen molar-refractivity contribution in [1.29, 1.82) is 0 Å². The van der Waals surface area contributed by atoms with Gasteiger partial charge in [0.1, 0.15) is 0 Å². The molecule has 4 aromatic heterocycles. The van der Waals surface area contributed by atoms with Crippen molar-refractivity contribution in [2.75, 3.05) is 11.9 Å². The number of carbonyl (C=O) groups is 1. The highest BCUT2D eigenvalue weighted by Crippen LogP contribution is 2.49. The van der Waals surface area contributed by atoms with E-state index in [0.29, 0.717) is 17.3 Å². The molecule has 0 atom stereocenters. The maximum atomic E-state index is 13.4. The molecule has 2 N–H and O–H groups in total. The first-order valence-electron chi connectivity index (χ1n) is 15.8. The fourth-order valence-corrected chi connectivity index (χ4v) is 9.36. The third-order valence-corrected chi connectivity index (χ3v) is 11.7. The number of anilines is 1. The number of amides is 1. The Hall–Kier alpha value is -4.54. The van der Waals surface area contributed by atoms with E-state index in [1.807, 2.05) is 25.4 Å². The van der Waals surface area contributed by atoms with E-state index >= 15 is 0 Å². The van der Waals surface area contributed by atoms with Crippen LogP contribution in [0.2, 0.25) is 0 Å². The third kappa shape index (κ3) is 4.96. The van der Waals surface area contributed by atoms with Crippen molar-refractivity contribution in [2.45, 2.75) is 56.4 Å². The molecule has 0 spiro atoms. The van der Waals surface area contributed by atoms with E-state index in [-0.39, 0.29) is 4.90 Å². The number of sulfonamides is 1. The van der Waals surface area contributed by atoms with Gasteiger partial charge in [-0.1, -0.05) is 37.5 Å². The summed E-state index contributed by atoms with van der Waals surface area (Å²) in [4.78, 5) is 23.3. The molecule has 1 amide bonds. The lowest BCUT2D eigenvalue weighted by Crippen LogP contribution is -2.29. The molecule has 6 aromatic rings. The van der Waals surface area contributed by atoms with E-state index in [9.17, 15) is 13.2 Å². The summed E-state index contributed by atoms with van der Waals surface area (Å²) < 4.78 is 31.7. The van der Waals surface area contributed by atoms with Crippen molar-refractivity contribution in [3.8, 4) is 22.5 Å². The first kappa shape index (κ1) is 28.9. The number of hydrogen-bond acceptors (Lipinski definition) is 7. The van der Waals surface area contributed by atoms with Crippen molar-refractivity contribution >= 4 is 54.1 Å². The number of nitrogens with zero attached hydrogens (tertiary/aromatic N) is 3. The second-order valence-electron chi connectivity index (χ2n) is 12.3. The molecule has 0 bridgehead atoms. The van der Waals surface area contributed by atoms with Gasteiger partial charge >= 0.3 is 0 Å². The van der Waals surface area contributed by atoms with Crippen molar-refractivity contribution in [1.82, 2.24) is 19.3 Å². The van der Waals surface area contributed by atoms with Crippen LogP contribution in [0.3, 0.4) is 0 Å². The maximum Gasteiger partial charge on any atom is 0.275 e. The normalized spacial score (nSPS) is 15.2. The summed E-state index contributed by atoms with van der Waals surface area (Å²) in [7, 11) is -3.98. The molecule has 0 radical (unpaired) electrons. The Labute approximate surface area is 271 Å². The number of pyridine rings is 2. The molecule has 232 valence electrons. The SMILES string of the molecule is Cc1cncc(-c2ccc3c4c(ccc3n2)-c2c(C3CCCCC3)c3sc(C(=O)NS(=O)(=O)c5ccccc5)cc3n2CCN4)c1. The number of aryl methyl sites for hydroxylation is 1. The molecule has 1 aliphatic heterocycles. The zero-order valence-electron chi connectivity index (χ0n) is 25.4. The van der Waals surface area contributed by atoms with Crippen LogP contribution in [-0.2, 0) is 16.6 Å². The van der Waals surface area contributed by atoms with Crippen LogP contribution in [0, 0.1) is 6.92 Å². The molecule has 1 aliphatic carbocycles. The molecular formula is C36H33N5O3S2. The van der Waals surface area contributed by atoms with Gasteiger partial charge in [0.2, 0.25) is 0 Å². The summed E-state index contributed by atoms with van der Waals surface area (Å²) in [6.45, 7) is 3.46. The van der Waals surface area contributed by atoms with Crippen LogP contribution in [0.4, 0.5) is 5.69 Å². The molecule has 0 unspecified atom stereocenters. The second-order valence-corrected chi connectivity index (χ2v) is 15.0. The zero-order valence-corrected chi connectivity index (χ0v) is 27.0. The zero-order chi connectivity index (χ0) is 31.4. The van der Waals surface area contributed by atoms with E-state index in [4.69, 9.17) is 4.98 Å². The Morgan fingerprint density at radius 1 is 1.00 bits per heavy atom. The highest BCUT2D eigenvalue weighted by Gasteiger charge is 2.32. The predicted molar refractivity (Wildman–Crippen MR) is 184 cm³/mol. The van der Waals surface area contributed by atoms with Gasteiger partial charge in [-0.05, 0) is 85.3 Å². The minimum absolute atomic E-state index is 0.0668. The van der Waals surface area contributed by atoms with Crippen molar-refractivity contribution in [2.24, 2.45) is 0 Å². The van der Waals surface area contributed by atoms with Gasteiger partial charge in [0, 0.05) is 42.0 Å². The monoisotopic (exact) mass is 647 g/mol. The van der Waals surface area contributed by atoms with Crippen LogP contribution < -0.4 is 10.0 Å². The number of hydrogen-bond donors (Lipinski definition) is 2. The van der Waals surface area contributed by atoms with Crippen molar-refractivity contribution in [3.05, 3.63) is 95.1 Å². The number of benzene rings is 2. The fourth-order valence-electron chi connectivity index (χ4n) is 7.12. The first-order valence-corrected chi connectivity index (χ1v) is 18.1. The van der Waals surface area contributed by atoms with E-state index in [0.717, 1.165) is 68.6 Å². The Bertz CT molecular complexity index is 2250. The molecule has 8 rings (SSSR count). The van der Waals surface area contributed by atoms with E-state index in [1.165, 1.54) is 54.0 Å². The molecule has 46 heavy (non-hydrogen) atoms. The fraction of sp³-hybridized carbons (Fsp3) is 0.250. The molecular weight excluding hydrogens is 615 g/mol. The first-order chi connectivity index (χ1) is 22.4. The van der Waals surface area contributed by atoms with E-state index in [1.54, 1.807) is 18.2 Å². The van der Waals surface area contributed by atoms with Crippen LogP contribution >= 0.6 is 11.3 Å². The molecule has 1 fully saturated rings. The number of rotatable bonds is 5. The molecule has 0 saturated heterocycles. The van der Waals surface area contributed by atoms with Crippen LogP contribution in [0.5, 0.6) is 0 Å². The van der Waals surface area contributed by atoms with Crippen LogP contribution in [0.15, 0.2) is 84.0 Å². The summed E-state index contributed by atoms with van der Waals surface area (Å²) in [5, 5.41) is 4.78. The van der Waals surface area contributed by atoms with Gasteiger partial charge in [0.05, 0.1) is 42.6 Å². The lowest BCUT2D eigenvalue weighted by atomic mass is 9.83. The summed E-state index contributed by atoms with van der Waals surface area (Å²) in [5.41, 5.74) is 9.58. The van der Waals surface area contributed by atoms with Gasteiger partial charge < -0.3 is 9.88 Å². The predicted octanol–water partition coefficient (Wildman–Crippen LogP) is 7.88. The average Bonchev–Trinajstić information content (AvgIpc) is 3.57. The number of carbonyl (C=O) groups excluding carboxylic acids is 1. The molecule has 1 saturated carbocycles. The lowest BCUT2D eigenvalue weighted by Gasteiger charge is -2.23. The van der Waals surface area contributed by atoms with Crippen molar-refractivity contribution in [3.63, 3.8) is 0 Å². The minimum atomic E-state index is -3.98. The average molecular weight is 648 g/mol. The minimum Gasteiger partial charge on any atom is -0.382 e. The van der Waals surface area contributed by atoms with Gasteiger partial charge in [-0.15, -0.1) is 11.3 Å². The Kier molecular flexibility index (Phi) is 7.14. The van der Waals surface area contributed by atoms with Crippen LogP contribution in [-0.4, -0.2) is 35.4 Å². The molecule has 8 nitrogen and oxygen atoms in total. The van der Waals surface area contributed by atoms with Crippen LogP contribution in [0.1, 0.15) is 58.8 Å². The van der Waals surface area contributed by atoms with Crippen molar-refractivity contribution < 1.29 is 13.2 Å². The molecule has 5 heterocycles. The Balaban J connectivity index is 1.25. The van der Waals surface area contributed by atoms with E-state index < -0.39 is 15.9 Å². The molecule has 2 aliphatic rings. The summed E-state index contributed by atoms with van der Waals surface area (Å²) in [6.07, 6.45) is 9.48. The topological polar surface area (TPSA) is 106 Å². The molecule has 2 aromatic carbocycles. The smallest absolute Gasteiger partial charge is 0.275 e. The van der Waals surface area contributed by atoms with Gasteiger partial charge in [0.15, 0.2) is 0 Å². The Morgan fingerprint density at radius 2 is 1.83 bits per heavy atom. The van der Waals surface area contributed by atoms with E-state index in [2.05, 4.69) is 49.9 Å². The third-order valence-electron chi connectivity index (χ3n) is 9.23. The van der Waals surface area contributed by atoms with Gasteiger partial charge in [0.25, 0.3) is 15.9 Å². The summed E-state index contributed by atoms with van der Waals surface area (Å²) >= 11 is 1.40. The number of fused-ring (bicyclic) bond motifs is 7. The van der Waals surface area contributed by atoms with Crippen LogP contribution in [0.25, 0.3) is 43.6 Å². The molecule has 10 heteroatoms. The van der Waals surface area contributed by atoms with Gasteiger partial charge in [-0.25, -0.2) is 18.1 Å². The standard InChI is InChI=1S/C36H33N5O3S2/c1-22-18-24(21-37-20-22)28-14-12-26-29(39-28)15-13-27-33(26)38-16-17-41-30-19-31(36(42)40-46(43,44)25-10-6-3-7-11-25)45-35(30)32(34(27)41)23-8-4-2-5-9-23/h3,6-7,10-15,18-21,23,38H,2,4-5,8-9,16-17H2,1H3,(H,40,42). The van der Waals surface area contributed by atoms with Gasteiger partial charge in [-0.3, -0.25) is 9.78 Å². The number of thiophene rings is 1. The maximum absolute atomic E-state index is 13.4. The summed E-state index contributed by atoms with van der Waals surface area (Å²) in [6, 6.07) is 20.5. The highest BCUT2D eigenvalue weighted by molar-refractivity contribution is 7.90. The van der Waals surface area contributed by atoms with Gasteiger partial charge in [-0.2, -0.15) is 0 Å². The largest absolute Gasteiger partial charge is 0.382 e. The lowest BCUT2D eigenvalue weighted by molar-refractivity contribution is 0.0985. The second kappa shape index (κ2) is 11.4. The number of nitrogens with one attached hydrogen (secondary N) is 2. The highest BCUT2D eigenvalue weighted by atomic mass is 32.2. The Morgan fingerprint density at radius 3 is 2.63 bits per heavy atom. The summed E-state index contributed by atoms with van der Waals surface area (Å²) in [5.74, 6) is -0.232. The number of aromatic nitrogens is 3.